The minimum Gasteiger partial charge on any atom is -0.496 e. The van der Waals surface area contributed by atoms with Gasteiger partial charge in [0.05, 0.1) is 12.6 Å². The fourth-order valence-corrected chi connectivity index (χ4v) is 4.65. The molecule has 0 saturated heterocycles. The van der Waals surface area contributed by atoms with Crippen LogP contribution in [-0.4, -0.2) is 25.0 Å². The van der Waals surface area contributed by atoms with Crippen LogP contribution in [0.5, 0.6) is 5.75 Å². The summed E-state index contributed by atoms with van der Waals surface area (Å²) in [7, 11) is 1.65. The van der Waals surface area contributed by atoms with Crippen LogP contribution in [0.4, 0.5) is 0 Å². The average Bonchev–Trinajstić information content (AvgIpc) is 3.23. The van der Waals surface area contributed by atoms with Gasteiger partial charge in [-0.3, -0.25) is 9.59 Å². The minimum absolute atomic E-state index is 0.00798. The van der Waals surface area contributed by atoms with Crippen LogP contribution in [-0.2, 0) is 15.1 Å². The van der Waals surface area contributed by atoms with E-state index >= 15 is 0 Å². The molecule has 2 amide bonds. The van der Waals surface area contributed by atoms with Crippen LogP contribution in [0.2, 0.25) is 0 Å². The van der Waals surface area contributed by atoms with Crippen molar-refractivity contribution in [3.8, 4) is 5.75 Å². The van der Waals surface area contributed by atoms with Gasteiger partial charge in [0.15, 0.2) is 0 Å². The third-order valence-corrected chi connectivity index (χ3v) is 6.39. The van der Waals surface area contributed by atoms with Crippen LogP contribution in [0, 0.1) is 11.8 Å². The van der Waals surface area contributed by atoms with Gasteiger partial charge >= 0.3 is 0 Å². The van der Waals surface area contributed by atoms with E-state index in [4.69, 9.17) is 4.74 Å². The number of benzene rings is 1. The Balaban J connectivity index is 1.51. The van der Waals surface area contributed by atoms with E-state index in [0.717, 1.165) is 49.8 Å². The van der Waals surface area contributed by atoms with Gasteiger partial charge in [0.1, 0.15) is 5.75 Å². The molecular weight excluding hydrogens is 352 g/mol. The number of amides is 2. The summed E-state index contributed by atoms with van der Waals surface area (Å²) < 4.78 is 5.46. The Labute approximate surface area is 168 Å². The van der Waals surface area contributed by atoms with Gasteiger partial charge in [-0.25, -0.2) is 0 Å². The Kier molecular flexibility index (Phi) is 6.63. The monoisotopic (exact) mass is 386 g/mol. The van der Waals surface area contributed by atoms with Gasteiger partial charge < -0.3 is 15.4 Å². The van der Waals surface area contributed by atoms with Gasteiger partial charge in [0, 0.05) is 23.4 Å². The summed E-state index contributed by atoms with van der Waals surface area (Å²) in [6, 6.07) is 8.03. The molecule has 28 heavy (non-hydrogen) atoms. The Morgan fingerprint density at radius 2 is 1.54 bits per heavy atom. The molecule has 0 aromatic heterocycles. The summed E-state index contributed by atoms with van der Waals surface area (Å²) in [6.07, 6.45) is 7.81. The predicted molar refractivity (Wildman–Crippen MR) is 110 cm³/mol. The first-order chi connectivity index (χ1) is 13.4. The highest BCUT2D eigenvalue weighted by Crippen LogP contribution is 2.32. The highest BCUT2D eigenvalue weighted by atomic mass is 16.5. The number of nitrogens with one attached hydrogen (secondary N) is 2. The van der Waals surface area contributed by atoms with Crippen molar-refractivity contribution in [1.82, 2.24) is 10.6 Å². The molecule has 2 aliphatic carbocycles. The molecule has 0 radical (unpaired) electrons. The van der Waals surface area contributed by atoms with E-state index in [1.54, 1.807) is 7.11 Å². The van der Waals surface area contributed by atoms with Crippen molar-refractivity contribution in [1.29, 1.82) is 0 Å². The largest absolute Gasteiger partial charge is 0.496 e. The Bertz CT molecular complexity index is 687. The van der Waals surface area contributed by atoms with Crippen LogP contribution in [0.25, 0.3) is 0 Å². The molecule has 5 nitrogen and oxygen atoms in total. The second kappa shape index (κ2) is 8.97. The fourth-order valence-electron chi connectivity index (χ4n) is 4.65. The molecule has 2 fully saturated rings. The first kappa shape index (κ1) is 20.7. The molecule has 2 saturated carbocycles. The van der Waals surface area contributed by atoms with Gasteiger partial charge in [-0.05, 0) is 58.4 Å². The summed E-state index contributed by atoms with van der Waals surface area (Å²) in [4.78, 5) is 25.2. The molecule has 0 bridgehead atoms. The zero-order valence-corrected chi connectivity index (χ0v) is 17.4. The smallest absolute Gasteiger partial charge is 0.223 e. The lowest BCUT2D eigenvalue weighted by molar-refractivity contribution is -0.128. The highest BCUT2D eigenvalue weighted by molar-refractivity contribution is 5.80. The maximum absolute atomic E-state index is 12.9. The molecule has 3 rings (SSSR count). The van der Waals surface area contributed by atoms with E-state index in [0.29, 0.717) is 0 Å². The molecule has 0 atom stereocenters. The Morgan fingerprint density at radius 3 is 2.18 bits per heavy atom. The first-order valence-electron chi connectivity index (χ1n) is 10.7. The molecule has 0 heterocycles. The molecule has 1 aromatic carbocycles. The normalized spacial score (nSPS) is 23.2. The third-order valence-electron chi connectivity index (χ3n) is 6.39. The second-order valence-corrected chi connectivity index (χ2v) is 8.85. The van der Waals surface area contributed by atoms with E-state index in [1.165, 1.54) is 12.8 Å². The van der Waals surface area contributed by atoms with Crippen LogP contribution in [0.1, 0.15) is 70.8 Å². The SMILES string of the molecule is COc1ccccc1C(C)(C)NC(=O)C1CCC(NC(=O)C2CCCC2)CC1. The number of para-hydroxylation sites is 1. The van der Waals surface area contributed by atoms with Crippen LogP contribution in [0.3, 0.4) is 0 Å². The number of ether oxygens (including phenoxy) is 1. The van der Waals surface area contributed by atoms with Crippen molar-refractivity contribution >= 4 is 11.8 Å². The van der Waals surface area contributed by atoms with Crippen molar-refractivity contribution < 1.29 is 14.3 Å². The molecular formula is C23H34N2O3. The summed E-state index contributed by atoms with van der Waals surface area (Å²) in [5.74, 6) is 1.32. The summed E-state index contributed by atoms with van der Waals surface area (Å²) in [6.45, 7) is 4.02. The Hall–Kier alpha value is -2.04. The maximum atomic E-state index is 12.9. The van der Waals surface area contributed by atoms with Gasteiger partial charge in [0.2, 0.25) is 11.8 Å². The second-order valence-electron chi connectivity index (χ2n) is 8.85. The van der Waals surface area contributed by atoms with E-state index in [1.807, 2.05) is 38.1 Å². The molecule has 2 aliphatic rings. The average molecular weight is 387 g/mol. The summed E-state index contributed by atoms with van der Waals surface area (Å²) >= 11 is 0. The molecule has 2 N–H and O–H groups in total. The molecule has 0 spiro atoms. The fraction of sp³-hybridized carbons (Fsp3) is 0.652. The van der Waals surface area contributed by atoms with Crippen molar-refractivity contribution in [2.75, 3.05) is 7.11 Å². The van der Waals surface area contributed by atoms with Gasteiger partial charge in [-0.1, -0.05) is 31.0 Å². The number of methoxy groups -OCH3 is 1. The minimum atomic E-state index is -0.503. The molecule has 1 aromatic rings. The lowest BCUT2D eigenvalue weighted by atomic mass is 9.84. The lowest BCUT2D eigenvalue weighted by Crippen LogP contribution is -2.47. The lowest BCUT2D eigenvalue weighted by Gasteiger charge is -2.33. The molecule has 0 aliphatic heterocycles. The van der Waals surface area contributed by atoms with Crippen molar-refractivity contribution in [3.63, 3.8) is 0 Å². The number of carbonyl (C=O) groups excluding carboxylic acids is 2. The first-order valence-corrected chi connectivity index (χ1v) is 10.7. The third kappa shape index (κ3) is 4.86. The summed E-state index contributed by atoms with van der Waals surface area (Å²) in [5, 5.41) is 6.43. The highest BCUT2D eigenvalue weighted by Gasteiger charge is 2.33. The van der Waals surface area contributed by atoms with Crippen molar-refractivity contribution in [3.05, 3.63) is 29.8 Å². The number of carbonyl (C=O) groups is 2. The maximum Gasteiger partial charge on any atom is 0.223 e. The molecule has 5 heteroatoms. The Morgan fingerprint density at radius 1 is 0.929 bits per heavy atom. The number of hydrogen-bond donors (Lipinski definition) is 2. The van der Waals surface area contributed by atoms with Gasteiger partial charge in [-0.15, -0.1) is 0 Å². The zero-order chi connectivity index (χ0) is 20.1. The van der Waals surface area contributed by atoms with Crippen LogP contribution in [0.15, 0.2) is 24.3 Å². The number of rotatable bonds is 6. The topological polar surface area (TPSA) is 67.4 Å². The number of hydrogen-bond acceptors (Lipinski definition) is 3. The van der Waals surface area contributed by atoms with Crippen molar-refractivity contribution in [2.45, 2.75) is 76.8 Å². The molecule has 0 unspecified atom stereocenters. The zero-order valence-electron chi connectivity index (χ0n) is 17.4. The van der Waals surface area contributed by atoms with E-state index in [2.05, 4.69) is 10.6 Å². The van der Waals surface area contributed by atoms with E-state index in [9.17, 15) is 9.59 Å². The summed E-state index contributed by atoms with van der Waals surface area (Å²) in [5.41, 5.74) is 0.473. The van der Waals surface area contributed by atoms with Crippen molar-refractivity contribution in [2.24, 2.45) is 11.8 Å². The quantitative estimate of drug-likeness (QED) is 0.779. The van der Waals surface area contributed by atoms with Crippen LogP contribution >= 0.6 is 0 Å². The van der Waals surface area contributed by atoms with Gasteiger partial charge in [-0.2, -0.15) is 0 Å². The van der Waals surface area contributed by atoms with E-state index in [-0.39, 0.29) is 29.7 Å². The predicted octanol–water partition coefficient (Wildman–Crippen LogP) is 3.91. The van der Waals surface area contributed by atoms with E-state index < -0.39 is 5.54 Å². The molecule has 154 valence electrons. The standard InChI is InChI=1S/C23H34N2O3/c1-23(2,19-10-6-7-11-20(19)28-3)25-22(27)17-12-14-18(15-13-17)24-21(26)16-8-4-5-9-16/h6-7,10-11,16-18H,4-5,8-9,12-15H2,1-3H3,(H,24,26)(H,25,27). The van der Waals surface area contributed by atoms with Crippen LogP contribution < -0.4 is 15.4 Å². The van der Waals surface area contributed by atoms with Gasteiger partial charge in [0.25, 0.3) is 0 Å².